The first-order chi connectivity index (χ1) is 9.51. The van der Waals surface area contributed by atoms with Crippen LogP contribution in [-0.4, -0.2) is 31.1 Å². The number of nitrogens with one attached hydrogen (secondary N) is 3. The summed E-state index contributed by atoms with van der Waals surface area (Å²) in [5, 5.41) is 7.52. The minimum Gasteiger partial charge on any atom is -0.450 e. The van der Waals surface area contributed by atoms with Gasteiger partial charge in [0.05, 0.1) is 6.61 Å². The van der Waals surface area contributed by atoms with Crippen LogP contribution in [0.5, 0.6) is 0 Å². The van der Waals surface area contributed by atoms with E-state index in [4.69, 9.17) is 0 Å². The van der Waals surface area contributed by atoms with Crippen LogP contribution < -0.4 is 16.0 Å². The predicted molar refractivity (Wildman–Crippen MR) is 74.4 cm³/mol. The molecule has 0 saturated carbocycles. The highest BCUT2D eigenvalue weighted by Gasteiger charge is 2.06. The molecule has 0 atom stereocenters. The van der Waals surface area contributed by atoms with E-state index in [1.807, 2.05) is 0 Å². The second-order valence-corrected chi connectivity index (χ2v) is 3.88. The average Bonchev–Trinajstić information content (AvgIpc) is 2.38. The highest BCUT2D eigenvalue weighted by molar-refractivity contribution is 5.94. The standard InChI is InChI=1S/C13H17N3O4/c1-3-20-13(19)14-8-12(18)16-11-6-4-10(5-7-11)15-9(2)17/h4-7H,3,8H2,1-2H3,(H,14,19)(H,15,17)(H,16,18). The van der Waals surface area contributed by atoms with Gasteiger partial charge in [-0.3, -0.25) is 9.59 Å². The third kappa shape index (κ3) is 5.85. The van der Waals surface area contributed by atoms with Gasteiger partial charge in [0, 0.05) is 18.3 Å². The van der Waals surface area contributed by atoms with Crippen LogP contribution in [0.1, 0.15) is 13.8 Å². The van der Waals surface area contributed by atoms with E-state index in [1.54, 1.807) is 31.2 Å². The molecule has 1 aromatic rings. The SMILES string of the molecule is CCOC(=O)NCC(=O)Nc1ccc(NC(C)=O)cc1. The Labute approximate surface area is 116 Å². The summed E-state index contributed by atoms with van der Waals surface area (Å²) in [6, 6.07) is 6.62. The summed E-state index contributed by atoms with van der Waals surface area (Å²) in [6.07, 6.45) is -0.636. The lowest BCUT2D eigenvalue weighted by atomic mass is 10.2. The number of rotatable bonds is 5. The Kier molecular flexibility index (Phi) is 6.02. The number of benzene rings is 1. The zero-order chi connectivity index (χ0) is 15.0. The van der Waals surface area contributed by atoms with Crippen LogP contribution in [0.2, 0.25) is 0 Å². The minimum absolute atomic E-state index is 0.166. The summed E-state index contributed by atoms with van der Waals surface area (Å²) in [7, 11) is 0. The van der Waals surface area contributed by atoms with Crippen LogP contribution in [-0.2, 0) is 14.3 Å². The lowest BCUT2D eigenvalue weighted by molar-refractivity contribution is -0.115. The number of carbonyl (C=O) groups is 3. The maximum absolute atomic E-state index is 11.5. The fourth-order valence-corrected chi connectivity index (χ4v) is 1.38. The van der Waals surface area contributed by atoms with Crippen molar-refractivity contribution >= 4 is 29.3 Å². The molecular formula is C13H17N3O4. The molecule has 1 aromatic carbocycles. The summed E-state index contributed by atoms with van der Waals surface area (Å²) in [4.78, 5) is 33.4. The van der Waals surface area contributed by atoms with Crippen LogP contribution in [0.15, 0.2) is 24.3 Å². The molecule has 0 bridgehead atoms. The normalized spacial score (nSPS) is 9.50. The van der Waals surface area contributed by atoms with Gasteiger partial charge in [0.2, 0.25) is 11.8 Å². The number of carbonyl (C=O) groups excluding carboxylic acids is 3. The van der Waals surface area contributed by atoms with Gasteiger partial charge in [-0.2, -0.15) is 0 Å². The number of amides is 3. The molecule has 1 rings (SSSR count). The molecule has 7 heteroatoms. The molecule has 0 heterocycles. The maximum Gasteiger partial charge on any atom is 0.407 e. The number of anilines is 2. The van der Waals surface area contributed by atoms with E-state index in [2.05, 4.69) is 20.7 Å². The monoisotopic (exact) mass is 279 g/mol. The Hall–Kier alpha value is -2.57. The van der Waals surface area contributed by atoms with Crippen molar-refractivity contribution in [3.05, 3.63) is 24.3 Å². The zero-order valence-corrected chi connectivity index (χ0v) is 11.4. The fourth-order valence-electron chi connectivity index (χ4n) is 1.38. The van der Waals surface area contributed by atoms with E-state index in [-0.39, 0.29) is 25.0 Å². The van der Waals surface area contributed by atoms with Gasteiger partial charge in [-0.15, -0.1) is 0 Å². The third-order valence-electron chi connectivity index (χ3n) is 2.16. The molecule has 0 aliphatic heterocycles. The Balaban J connectivity index is 2.42. The van der Waals surface area contributed by atoms with E-state index in [0.717, 1.165) is 0 Å². The molecule has 0 aliphatic carbocycles. The molecule has 0 fully saturated rings. The van der Waals surface area contributed by atoms with Crippen molar-refractivity contribution in [2.75, 3.05) is 23.8 Å². The van der Waals surface area contributed by atoms with Gasteiger partial charge < -0.3 is 20.7 Å². The number of ether oxygens (including phenoxy) is 1. The molecule has 3 amide bonds. The molecular weight excluding hydrogens is 262 g/mol. The first-order valence-corrected chi connectivity index (χ1v) is 6.09. The van der Waals surface area contributed by atoms with Crippen LogP contribution in [0.4, 0.5) is 16.2 Å². The summed E-state index contributed by atoms with van der Waals surface area (Å²) >= 11 is 0. The van der Waals surface area contributed by atoms with Gasteiger partial charge >= 0.3 is 6.09 Å². The van der Waals surface area contributed by atoms with Crippen LogP contribution in [0, 0.1) is 0 Å². The van der Waals surface area contributed by atoms with Crippen LogP contribution >= 0.6 is 0 Å². The first kappa shape index (κ1) is 15.5. The van der Waals surface area contributed by atoms with Crippen molar-refractivity contribution in [1.29, 1.82) is 0 Å². The van der Waals surface area contributed by atoms with Crippen LogP contribution in [0.25, 0.3) is 0 Å². The van der Waals surface area contributed by atoms with E-state index in [9.17, 15) is 14.4 Å². The number of hydrogen-bond acceptors (Lipinski definition) is 4. The Bertz CT molecular complexity index is 485. The highest BCUT2D eigenvalue weighted by Crippen LogP contribution is 2.13. The number of hydrogen-bond donors (Lipinski definition) is 3. The molecule has 0 saturated heterocycles. The van der Waals surface area contributed by atoms with Gasteiger partial charge in [0.15, 0.2) is 0 Å². The molecule has 20 heavy (non-hydrogen) atoms. The summed E-state index contributed by atoms with van der Waals surface area (Å²) in [6.45, 7) is 3.16. The van der Waals surface area contributed by atoms with Crippen molar-refractivity contribution in [3.63, 3.8) is 0 Å². The molecule has 0 radical (unpaired) electrons. The van der Waals surface area contributed by atoms with E-state index >= 15 is 0 Å². The van der Waals surface area contributed by atoms with Crippen LogP contribution in [0.3, 0.4) is 0 Å². The lowest BCUT2D eigenvalue weighted by Crippen LogP contribution is -2.33. The molecule has 0 spiro atoms. The summed E-state index contributed by atoms with van der Waals surface area (Å²) < 4.78 is 4.62. The number of alkyl carbamates (subject to hydrolysis) is 1. The average molecular weight is 279 g/mol. The van der Waals surface area contributed by atoms with Gasteiger partial charge in [-0.05, 0) is 31.2 Å². The lowest BCUT2D eigenvalue weighted by Gasteiger charge is -2.08. The third-order valence-corrected chi connectivity index (χ3v) is 2.16. The topological polar surface area (TPSA) is 96.5 Å². The van der Waals surface area contributed by atoms with Gasteiger partial charge in [-0.1, -0.05) is 0 Å². The van der Waals surface area contributed by atoms with E-state index in [1.165, 1.54) is 6.92 Å². The molecule has 7 nitrogen and oxygen atoms in total. The summed E-state index contributed by atoms with van der Waals surface area (Å²) in [5.74, 6) is -0.536. The van der Waals surface area contributed by atoms with Crippen molar-refractivity contribution in [2.24, 2.45) is 0 Å². The molecule has 0 aliphatic rings. The summed E-state index contributed by atoms with van der Waals surface area (Å²) in [5.41, 5.74) is 1.20. The quantitative estimate of drug-likeness (QED) is 0.757. The highest BCUT2D eigenvalue weighted by atomic mass is 16.5. The van der Waals surface area contributed by atoms with Crippen molar-refractivity contribution < 1.29 is 19.1 Å². The van der Waals surface area contributed by atoms with Gasteiger partial charge in [-0.25, -0.2) is 4.79 Å². The molecule has 0 unspecified atom stereocenters. The van der Waals surface area contributed by atoms with Gasteiger partial charge in [0.25, 0.3) is 0 Å². The smallest absolute Gasteiger partial charge is 0.407 e. The van der Waals surface area contributed by atoms with Gasteiger partial charge in [0.1, 0.15) is 6.54 Å². The largest absolute Gasteiger partial charge is 0.450 e. The second-order valence-electron chi connectivity index (χ2n) is 3.88. The second kappa shape index (κ2) is 7.78. The predicted octanol–water partition coefficient (Wildman–Crippen LogP) is 1.33. The maximum atomic E-state index is 11.5. The Morgan fingerprint density at radius 2 is 1.60 bits per heavy atom. The van der Waals surface area contributed by atoms with E-state index in [0.29, 0.717) is 11.4 Å². The van der Waals surface area contributed by atoms with Crippen molar-refractivity contribution in [2.45, 2.75) is 13.8 Å². The van der Waals surface area contributed by atoms with E-state index < -0.39 is 6.09 Å². The van der Waals surface area contributed by atoms with Crippen molar-refractivity contribution in [3.8, 4) is 0 Å². The molecule has 3 N–H and O–H groups in total. The molecule has 0 aromatic heterocycles. The fraction of sp³-hybridized carbons (Fsp3) is 0.308. The Morgan fingerprint density at radius 3 is 2.10 bits per heavy atom. The minimum atomic E-state index is -0.636. The Morgan fingerprint density at radius 1 is 1.05 bits per heavy atom. The first-order valence-electron chi connectivity index (χ1n) is 6.09. The van der Waals surface area contributed by atoms with Crippen molar-refractivity contribution in [1.82, 2.24) is 5.32 Å². The molecule has 108 valence electrons. The zero-order valence-electron chi connectivity index (χ0n) is 11.4.